The fraction of sp³-hybridized carbons (Fsp3) is 0.143. The maximum Gasteiger partial charge on any atom is 0.263 e. The lowest BCUT2D eigenvalue weighted by Gasteiger charge is -2.09. The molecule has 0 radical (unpaired) electrons. The van der Waals surface area contributed by atoms with Gasteiger partial charge in [0.15, 0.2) is 0 Å². The monoisotopic (exact) mass is 311 g/mol. The van der Waals surface area contributed by atoms with Gasteiger partial charge in [-0.2, -0.15) is 0 Å². The third kappa shape index (κ3) is 3.80. The van der Waals surface area contributed by atoms with E-state index in [1.54, 1.807) is 12.1 Å². The summed E-state index contributed by atoms with van der Waals surface area (Å²) in [6, 6.07) is 14.0. The van der Waals surface area contributed by atoms with Gasteiger partial charge in [0.2, 0.25) is 0 Å². The van der Waals surface area contributed by atoms with Crippen molar-refractivity contribution in [3.63, 3.8) is 0 Å². The lowest BCUT2D eigenvalue weighted by Crippen LogP contribution is -2.24. The first kappa shape index (κ1) is 15.0. The lowest BCUT2D eigenvalue weighted by atomic mass is 10.2. The molecule has 20 heavy (non-hydrogen) atoms. The number of nitrogens with one attached hydrogen (secondary N) is 1. The van der Waals surface area contributed by atoms with Gasteiger partial charge in [0.25, 0.3) is 10.0 Å². The first-order valence-electron chi connectivity index (χ1n) is 5.93. The van der Waals surface area contributed by atoms with Crippen molar-refractivity contribution in [1.82, 2.24) is 4.89 Å². The number of rotatable bonds is 5. The number of sulfonamides is 1. The zero-order chi connectivity index (χ0) is 14.6. The number of halogens is 1. The molecular formula is C14H14ClNO3S. The highest BCUT2D eigenvalue weighted by atomic mass is 35.5. The normalized spacial score (nSPS) is 11.5. The Kier molecular flexibility index (Phi) is 4.77. The summed E-state index contributed by atoms with van der Waals surface area (Å²) in [5, 5.41) is 0.167. The molecule has 106 valence electrons. The Morgan fingerprint density at radius 1 is 1.15 bits per heavy atom. The van der Waals surface area contributed by atoms with Crippen molar-refractivity contribution < 1.29 is 13.3 Å². The van der Waals surface area contributed by atoms with Crippen LogP contribution in [0.5, 0.6) is 0 Å². The van der Waals surface area contributed by atoms with Crippen LogP contribution in [-0.2, 0) is 21.5 Å². The Morgan fingerprint density at radius 3 is 2.50 bits per heavy atom. The Bertz CT molecular complexity index is 687. The quantitative estimate of drug-likeness (QED) is 0.863. The number of benzene rings is 2. The zero-order valence-corrected chi connectivity index (χ0v) is 12.4. The van der Waals surface area contributed by atoms with Crippen LogP contribution in [0.3, 0.4) is 0 Å². The molecule has 0 aliphatic carbocycles. The van der Waals surface area contributed by atoms with E-state index < -0.39 is 10.0 Å². The molecule has 6 heteroatoms. The van der Waals surface area contributed by atoms with Crippen LogP contribution in [0.4, 0.5) is 0 Å². The summed E-state index contributed by atoms with van der Waals surface area (Å²) >= 11 is 5.94. The van der Waals surface area contributed by atoms with Crippen LogP contribution in [0.1, 0.15) is 11.1 Å². The van der Waals surface area contributed by atoms with Crippen LogP contribution in [0, 0.1) is 6.92 Å². The van der Waals surface area contributed by atoms with Crippen molar-refractivity contribution >= 4 is 21.6 Å². The highest BCUT2D eigenvalue weighted by molar-refractivity contribution is 7.89. The van der Waals surface area contributed by atoms with E-state index in [9.17, 15) is 8.42 Å². The van der Waals surface area contributed by atoms with Gasteiger partial charge in [0.1, 0.15) is 4.90 Å². The van der Waals surface area contributed by atoms with Crippen LogP contribution in [-0.4, -0.2) is 8.42 Å². The standard InChI is InChI=1S/C14H14ClNO3S/c1-11-7-8-14(13(15)9-11)20(17,18)16-19-10-12-5-3-2-4-6-12/h2-9,16H,10H2,1H3. The van der Waals surface area contributed by atoms with E-state index in [4.69, 9.17) is 16.4 Å². The Morgan fingerprint density at radius 2 is 1.85 bits per heavy atom. The highest BCUT2D eigenvalue weighted by Gasteiger charge is 2.17. The maximum absolute atomic E-state index is 12.0. The van der Waals surface area contributed by atoms with Gasteiger partial charge in [-0.05, 0) is 30.2 Å². The molecule has 0 aliphatic rings. The molecule has 0 saturated carbocycles. The molecule has 2 aromatic carbocycles. The number of aryl methyl sites for hydroxylation is 1. The summed E-state index contributed by atoms with van der Waals surface area (Å²) in [4.78, 5) is 7.10. The average molecular weight is 312 g/mol. The van der Waals surface area contributed by atoms with E-state index in [0.29, 0.717) is 0 Å². The van der Waals surface area contributed by atoms with Gasteiger partial charge in [-0.3, -0.25) is 4.84 Å². The molecule has 2 aromatic rings. The fourth-order valence-corrected chi connectivity index (χ4v) is 3.04. The molecule has 0 heterocycles. The molecule has 0 spiro atoms. The predicted molar refractivity (Wildman–Crippen MR) is 77.7 cm³/mol. The average Bonchev–Trinajstić information content (AvgIpc) is 2.39. The molecule has 0 bridgehead atoms. The second-order valence-corrected chi connectivity index (χ2v) is 6.32. The van der Waals surface area contributed by atoms with Gasteiger partial charge in [-0.1, -0.05) is 52.9 Å². The van der Waals surface area contributed by atoms with Gasteiger partial charge >= 0.3 is 0 Å². The van der Waals surface area contributed by atoms with E-state index in [2.05, 4.69) is 4.89 Å². The summed E-state index contributed by atoms with van der Waals surface area (Å²) < 4.78 is 24.1. The topological polar surface area (TPSA) is 55.4 Å². The Balaban J connectivity index is 2.04. The zero-order valence-electron chi connectivity index (χ0n) is 10.8. The number of hydrogen-bond donors (Lipinski definition) is 1. The number of hydrogen-bond acceptors (Lipinski definition) is 3. The first-order chi connectivity index (χ1) is 9.49. The molecule has 0 atom stereocenters. The van der Waals surface area contributed by atoms with Crippen molar-refractivity contribution in [2.75, 3.05) is 0 Å². The first-order valence-corrected chi connectivity index (χ1v) is 7.79. The minimum absolute atomic E-state index is 0.00201. The summed E-state index contributed by atoms with van der Waals surface area (Å²) in [6.45, 7) is 1.98. The Hall–Kier alpha value is -1.40. The molecular weight excluding hydrogens is 298 g/mol. The van der Waals surface area contributed by atoms with E-state index in [1.165, 1.54) is 6.07 Å². The maximum atomic E-state index is 12.0. The molecule has 2 rings (SSSR count). The van der Waals surface area contributed by atoms with Crippen molar-refractivity contribution in [1.29, 1.82) is 0 Å². The second-order valence-electron chi connectivity index (χ2n) is 4.29. The summed E-state index contributed by atoms with van der Waals surface area (Å²) in [7, 11) is -3.78. The van der Waals surface area contributed by atoms with Crippen LogP contribution in [0.25, 0.3) is 0 Å². The van der Waals surface area contributed by atoms with Gasteiger partial charge in [0.05, 0.1) is 11.6 Å². The minimum Gasteiger partial charge on any atom is -0.282 e. The summed E-state index contributed by atoms with van der Waals surface area (Å²) in [6.07, 6.45) is 0. The smallest absolute Gasteiger partial charge is 0.263 e. The third-order valence-corrected chi connectivity index (χ3v) is 4.32. The van der Waals surface area contributed by atoms with Crippen LogP contribution < -0.4 is 4.89 Å². The van der Waals surface area contributed by atoms with Crippen molar-refractivity contribution in [2.24, 2.45) is 0 Å². The van der Waals surface area contributed by atoms with Gasteiger partial charge in [0, 0.05) is 0 Å². The van der Waals surface area contributed by atoms with Gasteiger partial charge in [-0.25, -0.2) is 8.42 Å². The third-order valence-electron chi connectivity index (χ3n) is 2.63. The Labute approximate surface area is 123 Å². The largest absolute Gasteiger partial charge is 0.282 e. The van der Waals surface area contributed by atoms with Crippen LogP contribution in [0.15, 0.2) is 53.4 Å². The van der Waals surface area contributed by atoms with E-state index in [0.717, 1.165) is 11.1 Å². The predicted octanol–water partition coefficient (Wildman–Crippen LogP) is 3.06. The summed E-state index contributed by atoms with van der Waals surface area (Å²) in [5.41, 5.74) is 1.75. The van der Waals surface area contributed by atoms with Crippen molar-refractivity contribution in [3.8, 4) is 0 Å². The van der Waals surface area contributed by atoms with E-state index >= 15 is 0 Å². The fourth-order valence-electron chi connectivity index (χ4n) is 1.63. The van der Waals surface area contributed by atoms with Crippen molar-refractivity contribution in [3.05, 3.63) is 64.7 Å². The molecule has 1 N–H and O–H groups in total. The molecule has 4 nitrogen and oxygen atoms in total. The molecule has 0 aliphatic heterocycles. The van der Waals surface area contributed by atoms with Crippen LogP contribution >= 0.6 is 11.6 Å². The van der Waals surface area contributed by atoms with Gasteiger partial charge < -0.3 is 0 Å². The highest BCUT2D eigenvalue weighted by Crippen LogP contribution is 2.22. The van der Waals surface area contributed by atoms with Crippen LogP contribution in [0.2, 0.25) is 5.02 Å². The second kappa shape index (κ2) is 6.37. The SMILES string of the molecule is Cc1ccc(S(=O)(=O)NOCc2ccccc2)c(Cl)c1. The lowest BCUT2D eigenvalue weighted by molar-refractivity contribution is 0.0795. The van der Waals surface area contributed by atoms with E-state index in [1.807, 2.05) is 37.3 Å². The summed E-state index contributed by atoms with van der Waals surface area (Å²) in [5.74, 6) is 0. The molecule has 0 amide bonds. The molecule has 0 saturated heterocycles. The van der Waals surface area contributed by atoms with Crippen molar-refractivity contribution in [2.45, 2.75) is 18.4 Å². The molecule has 0 fully saturated rings. The minimum atomic E-state index is -3.78. The molecule has 0 unspecified atom stereocenters. The van der Waals surface area contributed by atoms with E-state index in [-0.39, 0.29) is 16.5 Å². The van der Waals surface area contributed by atoms with Gasteiger partial charge in [-0.15, -0.1) is 0 Å². The molecule has 0 aromatic heterocycles.